The molecule has 1 aliphatic rings. The zero-order valence-corrected chi connectivity index (χ0v) is 24.0. The van der Waals surface area contributed by atoms with Gasteiger partial charge in [0.15, 0.2) is 9.84 Å². The van der Waals surface area contributed by atoms with Crippen molar-refractivity contribution in [2.24, 2.45) is 5.92 Å². The van der Waals surface area contributed by atoms with Crippen molar-refractivity contribution in [3.05, 3.63) is 53.6 Å². The highest BCUT2D eigenvalue weighted by molar-refractivity contribution is 7.98. The van der Waals surface area contributed by atoms with E-state index in [1.54, 1.807) is 19.1 Å². The molecule has 0 radical (unpaired) electrons. The molecular weight excluding hydrogens is 585 g/mol. The molecule has 224 valence electrons. The Morgan fingerprint density at radius 3 is 2.41 bits per heavy atom. The minimum absolute atomic E-state index is 0.0551. The quantitative estimate of drug-likeness (QED) is 0.300. The minimum atomic E-state index is -4.75. The summed E-state index contributed by atoms with van der Waals surface area (Å²) in [4.78, 5) is 38.5. The molecule has 0 saturated carbocycles. The average Bonchev–Trinajstić information content (AvgIpc) is 2.92. The molecule has 1 heterocycles. The Balaban J connectivity index is 1.67. The van der Waals surface area contributed by atoms with Crippen molar-refractivity contribution in [3.8, 4) is 0 Å². The zero-order valence-electron chi connectivity index (χ0n) is 22.3. The number of hydrogen-bond acceptors (Lipinski definition) is 7. The number of thioether (sulfide) groups is 1. The van der Waals surface area contributed by atoms with Gasteiger partial charge in [0.2, 0.25) is 5.91 Å². The van der Waals surface area contributed by atoms with Crippen LogP contribution in [-0.2, 0) is 25.5 Å². The Morgan fingerprint density at radius 2 is 1.78 bits per heavy atom. The van der Waals surface area contributed by atoms with E-state index >= 15 is 0 Å². The summed E-state index contributed by atoms with van der Waals surface area (Å²) in [6, 6.07) is 7.35. The number of carbonyl (C=O) groups is 3. The normalized spacial score (nSPS) is 17.4. The summed E-state index contributed by atoms with van der Waals surface area (Å²) in [5.74, 6) is -2.41. The van der Waals surface area contributed by atoms with Crippen LogP contribution in [0.3, 0.4) is 0 Å². The summed E-state index contributed by atoms with van der Waals surface area (Å²) in [5.41, 5.74) is -1.78. The number of anilines is 1. The fourth-order valence-electron chi connectivity index (χ4n) is 4.16. The summed E-state index contributed by atoms with van der Waals surface area (Å²) in [7, 11) is -3.67. The van der Waals surface area contributed by atoms with Crippen LogP contribution in [0.4, 0.5) is 23.7 Å². The van der Waals surface area contributed by atoms with Crippen molar-refractivity contribution >= 4 is 45.1 Å². The maximum absolute atomic E-state index is 13.3. The van der Waals surface area contributed by atoms with Gasteiger partial charge in [-0.3, -0.25) is 9.59 Å². The largest absolute Gasteiger partial charge is 0.416 e. The van der Waals surface area contributed by atoms with Crippen LogP contribution in [0.25, 0.3) is 0 Å². The van der Waals surface area contributed by atoms with Gasteiger partial charge in [-0.15, -0.1) is 11.8 Å². The van der Waals surface area contributed by atoms with Crippen molar-refractivity contribution in [1.29, 1.82) is 0 Å². The average molecular weight is 617 g/mol. The monoisotopic (exact) mass is 616 g/mol. The summed E-state index contributed by atoms with van der Waals surface area (Å²) in [6.07, 6.45) is -2.49. The molecule has 2 aromatic rings. The molecule has 0 unspecified atom stereocenters. The topological polar surface area (TPSA) is 143 Å². The van der Waals surface area contributed by atoms with Gasteiger partial charge < -0.3 is 26.0 Å². The second kappa shape index (κ2) is 14.0. The van der Waals surface area contributed by atoms with Gasteiger partial charge in [0.1, 0.15) is 0 Å². The first-order valence-corrected chi connectivity index (χ1v) is 15.5. The Labute approximate surface area is 240 Å². The third-order valence-corrected chi connectivity index (χ3v) is 8.89. The van der Waals surface area contributed by atoms with Crippen molar-refractivity contribution in [3.63, 3.8) is 0 Å². The molecule has 1 aliphatic heterocycles. The smallest absolute Gasteiger partial charge is 0.379 e. The van der Waals surface area contributed by atoms with E-state index in [2.05, 4.69) is 21.3 Å². The molecule has 4 N–H and O–H groups in total. The molecule has 2 aromatic carbocycles. The van der Waals surface area contributed by atoms with E-state index in [0.29, 0.717) is 19.1 Å². The molecule has 0 aromatic heterocycles. The van der Waals surface area contributed by atoms with E-state index in [-0.39, 0.29) is 29.5 Å². The van der Waals surface area contributed by atoms with Gasteiger partial charge in [0.05, 0.1) is 46.7 Å². The lowest BCUT2D eigenvalue weighted by atomic mass is 9.97. The number of alkyl halides is 3. The maximum atomic E-state index is 13.3. The third kappa shape index (κ3) is 9.10. The molecular formula is C26H31F3N4O6S2. The van der Waals surface area contributed by atoms with Crippen LogP contribution in [0, 0.1) is 5.92 Å². The number of sulfone groups is 1. The first-order valence-electron chi connectivity index (χ1n) is 12.6. The molecule has 15 heteroatoms. The molecule has 0 aliphatic carbocycles. The van der Waals surface area contributed by atoms with Crippen LogP contribution in [0.5, 0.6) is 0 Å². The fourth-order valence-corrected chi connectivity index (χ4v) is 6.27. The van der Waals surface area contributed by atoms with E-state index in [1.165, 1.54) is 23.9 Å². The number of carbonyl (C=O) groups excluding carboxylic acids is 3. The zero-order chi connectivity index (χ0) is 30.2. The molecule has 4 amide bonds. The lowest BCUT2D eigenvalue weighted by Crippen LogP contribution is -2.51. The highest BCUT2D eigenvalue weighted by Gasteiger charge is 2.33. The summed E-state index contributed by atoms with van der Waals surface area (Å²) in [5, 5.41) is 9.65. The Kier molecular flexibility index (Phi) is 11.0. The SMILES string of the molecule is CCNC(=O)Nc1ccc(C(F)(F)F)cc1C(=O)NCC(=O)N[C@H]1COCC[C@H]1CS(=O)(=O)c1ccc(SC)cc1. The highest BCUT2D eigenvalue weighted by atomic mass is 32.2. The van der Waals surface area contributed by atoms with Crippen molar-refractivity contribution in [2.45, 2.75) is 35.4 Å². The van der Waals surface area contributed by atoms with E-state index < -0.39 is 63.5 Å². The number of nitrogens with one attached hydrogen (secondary N) is 4. The number of urea groups is 1. The van der Waals surface area contributed by atoms with Crippen molar-refractivity contribution in [2.75, 3.05) is 43.6 Å². The second-order valence-electron chi connectivity index (χ2n) is 9.18. The number of rotatable bonds is 10. The van der Waals surface area contributed by atoms with Crippen LogP contribution < -0.4 is 21.3 Å². The molecule has 41 heavy (non-hydrogen) atoms. The number of amides is 4. The summed E-state index contributed by atoms with van der Waals surface area (Å²) in [6.45, 7) is 1.64. The van der Waals surface area contributed by atoms with E-state index in [4.69, 9.17) is 4.74 Å². The van der Waals surface area contributed by atoms with Crippen molar-refractivity contribution in [1.82, 2.24) is 16.0 Å². The van der Waals surface area contributed by atoms with E-state index in [1.807, 2.05) is 6.26 Å². The van der Waals surface area contributed by atoms with Gasteiger partial charge >= 0.3 is 12.2 Å². The Hall–Kier alpha value is -3.30. The van der Waals surface area contributed by atoms with Crippen LogP contribution >= 0.6 is 11.8 Å². The lowest BCUT2D eigenvalue weighted by Gasteiger charge is -2.32. The predicted octanol–water partition coefficient (Wildman–Crippen LogP) is 3.29. The second-order valence-corrected chi connectivity index (χ2v) is 12.1. The summed E-state index contributed by atoms with van der Waals surface area (Å²) < 4.78 is 71.3. The summed E-state index contributed by atoms with van der Waals surface area (Å²) >= 11 is 1.48. The molecule has 10 nitrogen and oxygen atoms in total. The van der Waals surface area contributed by atoms with Crippen molar-refractivity contribution < 1.29 is 40.7 Å². The number of benzene rings is 2. The maximum Gasteiger partial charge on any atom is 0.416 e. The van der Waals surface area contributed by atoms with Gasteiger partial charge in [-0.2, -0.15) is 13.2 Å². The standard InChI is InChI=1S/C26H31F3N4O6S2/c1-3-30-25(36)33-21-9-4-17(26(27,28)29)12-20(21)24(35)31-13-23(34)32-22-14-39-11-10-16(22)15-41(37,38)19-7-5-18(40-2)6-8-19/h4-9,12,16,22H,3,10-11,13-15H2,1-2H3,(H,31,35)(H,32,34)(H2,30,33,36)/t16-,22-/m0/s1. The van der Waals surface area contributed by atoms with Crippen LogP contribution in [0.2, 0.25) is 0 Å². The molecule has 0 bridgehead atoms. The molecule has 1 saturated heterocycles. The molecule has 3 rings (SSSR count). The van der Waals surface area contributed by atoms with Crippen LogP contribution in [0.15, 0.2) is 52.3 Å². The first-order chi connectivity index (χ1) is 19.3. The van der Waals surface area contributed by atoms with Crippen LogP contribution in [-0.4, -0.2) is 70.6 Å². The molecule has 2 atom stereocenters. The van der Waals surface area contributed by atoms with Gasteiger partial charge in [0, 0.05) is 18.0 Å². The minimum Gasteiger partial charge on any atom is -0.379 e. The third-order valence-electron chi connectivity index (χ3n) is 6.28. The van der Waals surface area contributed by atoms with Gasteiger partial charge in [-0.25, -0.2) is 13.2 Å². The Bertz CT molecular complexity index is 1350. The lowest BCUT2D eigenvalue weighted by molar-refractivity contribution is -0.137. The van der Waals surface area contributed by atoms with E-state index in [9.17, 15) is 36.0 Å². The van der Waals surface area contributed by atoms with Gasteiger partial charge in [0.25, 0.3) is 5.91 Å². The molecule has 1 fully saturated rings. The van der Waals surface area contributed by atoms with Crippen LogP contribution in [0.1, 0.15) is 29.3 Å². The van der Waals surface area contributed by atoms with E-state index in [0.717, 1.165) is 17.0 Å². The predicted molar refractivity (Wildman–Crippen MR) is 148 cm³/mol. The highest BCUT2D eigenvalue weighted by Crippen LogP contribution is 2.32. The van der Waals surface area contributed by atoms with Gasteiger partial charge in [-0.05, 0) is 68.0 Å². The first kappa shape index (κ1) is 32.2. The number of halogens is 3. The fraction of sp³-hybridized carbons (Fsp3) is 0.423. The number of hydrogen-bond donors (Lipinski definition) is 4. The number of ether oxygens (including phenoxy) is 1. The Morgan fingerprint density at radius 1 is 1.07 bits per heavy atom. The van der Waals surface area contributed by atoms with Gasteiger partial charge in [-0.1, -0.05) is 0 Å². The molecule has 0 spiro atoms.